The number of anilines is 1. The zero-order valence-electron chi connectivity index (χ0n) is 12.5. The van der Waals surface area contributed by atoms with Gasteiger partial charge in [-0.2, -0.15) is 0 Å². The maximum Gasteiger partial charge on any atom is 0.294 e. The van der Waals surface area contributed by atoms with Crippen LogP contribution in [0.15, 0.2) is 40.6 Å². The largest absolute Gasteiger partial charge is 0.322 e. The highest BCUT2D eigenvalue weighted by atomic mass is 32.2. The van der Waals surface area contributed by atoms with E-state index in [1.165, 1.54) is 11.3 Å². The molecule has 3 rings (SSSR count). The number of rotatable bonds is 4. The molecule has 2 aromatic rings. The average Bonchev–Trinajstić information content (AvgIpc) is 3.15. The quantitative estimate of drug-likeness (QED) is 0.822. The molecule has 2 heterocycles. The van der Waals surface area contributed by atoms with Crippen molar-refractivity contribution in [2.75, 3.05) is 11.9 Å². The molecule has 1 saturated heterocycles. The summed E-state index contributed by atoms with van der Waals surface area (Å²) in [6.07, 6.45) is 1.58. The van der Waals surface area contributed by atoms with Crippen LogP contribution in [-0.2, 0) is 9.59 Å². The Morgan fingerprint density at radius 2 is 2.04 bits per heavy atom. The summed E-state index contributed by atoms with van der Waals surface area (Å²) in [5.74, 6) is -3.07. The number of amides is 3. The molecular weight excluding hydrogens is 370 g/mol. The number of thioether (sulfide) groups is 1. The van der Waals surface area contributed by atoms with E-state index in [1.54, 1.807) is 12.1 Å². The molecule has 1 fully saturated rings. The van der Waals surface area contributed by atoms with E-state index in [9.17, 15) is 23.2 Å². The predicted molar refractivity (Wildman–Crippen MR) is 92.0 cm³/mol. The first-order valence-electron chi connectivity index (χ1n) is 6.98. The van der Waals surface area contributed by atoms with Crippen molar-refractivity contribution in [2.24, 2.45) is 0 Å². The smallest absolute Gasteiger partial charge is 0.294 e. The predicted octanol–water partition coefficient (Wildman–Crippen LogP) is 3.70. The summed E-state index contributed by atoms with van der Waals surface area (Å²) in [6, 6.07) is 6.28. The number of halogens is 2. The number of nitrogens with one attached hydrogen (secondary N) is 1. The van der Waals surface area contributed by atoms with Crippen molar-refractivity contribution in [2.45, 2.75) is 0 Å². The van der Waals surface area contributed by atoms with Gasteiger partial charge in [-0.15, -0.1) is 11.3 Å². The lowest BCUT2D eigenvalue weighted by molar-refractivity contribution is -0.127. The van der Waals surface area contributed by atoms with E-state index in [4.69, 9.17) is 0 Å². The number of benzene rings is 1. The summed E-state index contributed by atoms with van der Waals surface area (Å²) >= 11 is 2.14. The second-order valence-electron chi connectivity index (χ2n) is 4.96. The zero-order valence-corrected chi connectivity index (χ0v) is 14.1. The zero-order chi connectivity index (χ0) is 18.0. The van der Waals surface area contributed by atoms with E-state index >= 15 is 0 Å². The lowest BCUT2D eigenvalue weighted by Gasteiger charge is -2.12. The fourth-order valence-electron chi connectivity index (χ4n) is 2.06. The minimum Gasteiger partial charge on any atom is -0.322 e. The monoisotopic (exact) mass is 380 g/mol. The Kier molecular flexibility index (Phi) is 4.95. The number of hydrogen-bond acceptors (Lipinski definition) is 5. The molecule has 9 heteroatoms. The van der Waals surface area contributed by atoms with Gasteiger partial charge in [-0.1, -0.05) is 6.07 Å². The molecule has 0 spiro atoms. The van der Waals surface area contributed by atoms with E-state index < -0.39 is 35.2 Å². The van der Waals surface area contributed by atoms with Crippen LogP contribution in [0.2, 0.25) is 0 Å². The molecule has 0 radical (unpaired) electrons. The third-order valence-electron chi connectivity index (χ3n) is 3.20. The number of imide groups is 1. The first-order chi connectivity index (χ1) is 11.9. The second kappa shape index (κ2) is 7.16. The van der Waals surface area contributed by atoms with Gasteiger partial charge in [0.25, 0.3) is 11.1 Å². The molecule has 1 aliphatic heterocycles. The van der Waals surface area contributed by atoms with E-state index in [1.807, 2.05) is 11.4 Å². The Balaban J connectivity index is 1.69. The Labute approximate surface area is 149 Å². The Hall–Kier alpha value is -2.52. The molecule has 0 bridgehead atoms. The maximum atomic E-state index is 13.5. The summed E-state index contributed by atoms with van der Waals surface area (Å²) in [7, 11) is 0. The van der Waals surface area contributed by atoms with E-state index in [0.717, 1.165) is 33.7 Å². The third-order valence-corrected chi connectivity index (χ3v) is 4.92. The fraction of sp³-hybridized carbons (Fsp3) is 0.0625. The molecule has 3 amide bonds. The molecule has 5 nitrogen and oxygen atoms in total. The Morgan fingerprint density at radius 3 is 2.72 bits per heavy atom. The highest BCUT2D eigenvalue weighted by Gasteiger charge is 2.36. The third kappa shape index (κ3) is 3.94. The average molecular weight is 380 g/mol. The molecule has 1 aromatic heterocycles. The fourth-order valence-corrected chi connectivity index (χ4v) is 3.62. The molecule has 0 atom stereocenters. The Bertz CT molecular complexity index is 882. The summed E-state index contributed by atoms with van der Waals surface area (Å²) in [5, 5.41) is 3.47. The van der Waals surface area contributed by atoms with Gasteiger partial charge in [0, 0.05) is 10.9 Å². The summed E-state index contributed by atoms with van der Waals surface area (Å²) in [4.78, 5) is 38.0. The molecule has 1 aromatic carbocycles. The Morgan fingerprint density at radius 1 is 1.24 bits per heavy atom. The van der Waals surface area contributed by atoms with Gasteiger partial charge in [0.15, 0.2) is 0 Å². The molecule has 0 aliphatic carbocycles. The van der Waals surface area contributed by atoms with E-state index in [2.05, 4.69) is 5.32 Å². The van der Waals surface area contributed by atoms with Crippen LogP contribution in [0, 0.1) is 11.6 Å². The summed E-state index contributed by atoms with van der Waals surface area (Å²) in [5.41, 5.74) is -0.229. The van der Waals surface area contributed by atoms with E-state index in [0.29, 0.717) is 6.07 Å². The van der Waals surface area contributed by atoms with Crippen LogP contribution in [0.25, 0.3) is 6.08 Å². The van der Waals surface area contributed by atoms with Gasteiger partial charge in [0.05, 0.1) is 10.6 Å². The SMILES string of the molecule is O=C(CN1C(=O)S/C(=C\c2cccs2)C1=O)Nc1ccc(F)cc1F. The lowest BCUT2D eigenvalue weighted by atomic mass is 10.3. The van der Waals surface area contributed by atoms with Crippen molar-refractivity contribution in [1.29, 1.82) is 0 Å². The number of carbonyl (C=O) groups is 3. The molecule has 1 N–H and O–H groups in total. The molecular formula is C16H10F2N2O3S2. The topological polar surface area (TPSA) is 66.5 Å². The van der Waals surface area contributed by atoms with E-state index in [-0.39, 0.29) is 10.6 Å². The lowest BCUT2D eigenvalue weighted by Crippen LogP contribution is -2.36. The normalized spacial score (nSPS) is 15.9. The van der Waals surface area contributed by atoms with Gasteiger partial charge in [-0.25, -0.2) is 8.78 Å². The molecule has 0 saturated carbocycles. The van der Waals surface area contributed by atoms with Crippen LogP contribution in [-0.4, -0.2) is 28.5 Å². The van der Waals surface area contributed by atoms with Crippen molar-refractivity contribution in [3.8, 4) is 0 Å². The van der Waals surface area contributed by atoms with Crippen LogP contribution in [0.4, 0.5) is 19.3 Å². The first kappa shape index (κ1) is 17.3. The van der Waals surface area contributed by atoms with Crippen molar-refractivity contribution in [3.63, 3.8) is 0 Å². The van der Waals surface area contributed by atoms with Gasteiger partial charge in [-0.05, 0) is 41.4 Å². The van der Waals surface area contributed by atoms with Crippen molar-refractivity contribution in [1.82, 2.24) is 4.90 Å². The number of hydrogen-bond donors (Lipinski definition) is 1. The minimum atomic E-state index is -0.944. The van der Waals surface area contributed by atoms with Gasteiger partial charge < -0.3 is 5.32 Å². The maximum absolute atomic E-state index is 13.5. The van der Waals surface area contributed by atoms with Crippen molar-refractivity contribution < 1.29 is 23.2 Å². The highest BCUT2D eigenvalue weighted by Crippen LogP contribution is 2.32. The highest BCUT2D eigenvalue weighted by molar-refractivity contribution is 8.18. The van der Waals surface area contributed by atoms with Gasteiger partial charge in [-0.3, -0.25) is 19.3 Å². The molecule has 0 unspecified atom stereocenters. The number of thiophene rings is 1. The number of carbonyl (C=O) groups excluding carboxylic acids is 3. The van der Waals surface area contributed by atoms with Crippen LogP contribution in [0.3, 0.4) is 0 Å². The standard InChI is InChI=1S/C16H10F2N2O3S2/c17-9-3-4-12(11(18)6-9)19-14(21)8-20-15(22)13(25-16(20)23)7-10-2-1-5-24-10/h1-7H,8H2,(H,19,21)/b13-7-. The van der Waals surface area contributed by atoms with Crippen LogP contribution < -0.4 is 5.32 Å². The van der Waals surface area contributed by atoms with Gasteiger partial charge >= 0.3 is 0 Å². The second-order valence-corrected chi connectivity index (χ2v) is 6.93. The van der Waals surface area contributed by atoms with Crippen LogP contribution in [0.5, 0.6) is 0 Å². The first-order valence-corrected chi connectivity index (χ1v) is 8.67. The molecule has 25 heavy (non-hydrogen) atoms. The number of nitrogens with zero attached hydrogens (tertiary/aromatic N) is 1. The van der Waals surface area contributed by atoms with Crippen molar-refractivity contribution >= 4 is 51.9 Å². The van der Waals surface area contributed by atoms with Crippen molar-refractivity contribution in [3.05, 3.63) is 57.1 Å². The van der Waals surface area contributed by atoms with Crippen LogP contribution in [0.1, 0.15) is 4.88 Å². The molecule has 128 valence electrons. The summed E-state index contributed by atoms with van der Waals surface area (Å²) < 4.78 is 26.4. The summed E-state index contributed by atoms with van der Waals surface area (Å²) in [6.45, 7) is -0.552. The molecule has 1 aliphatic rings. The van der Waals surface area contributed by atoms with Gasteiger partial charge in [0.2, 0.25) is 5.91 Å². The van der Waals surface area contributed by atoms with Crippen LogP contribution >= 0.6 is 23.1 Å². The minimum absolute atomic E-state index is 0.216. The van der Waals surface area contributed by atoms with Gasteiger partial charge in [0.1, 0.15) is 18.2 Å².